The van der Waals surface area contributed by atoms with Crippen LogP contribution < -0.4 is 16.4 Å². The van der Waals surface area contributed by atoms with Crippen molar-refractivity contribution in [2.75, 3.05) is 17.3 Å². The van der Waals surface area contributed by atoms with E-state index in [0.717, 1.165) is 16.7 Å². The highest BCUT2D eigenvalue weighted by molar-refractivity contribution is 14.1. The maximum atomic E-state index is 13.9. The SMILES string of the molecule is CI.CN(Cc1ccccc1)C(=O)[C@H](NC(=O)C(c1ccccc1)c1ccccc1)c1cccc(NC(N)=S)c1. The normalized spacial score (nSPS) is 11.0. The largest absolute Gasteiger partial charge is 0.376 e. The maximum Gasteiger partial charge on any atom is 0.249 e. The third-order valence-corrected chi connectivity index (χ3v) is 6.29. The van der Waals surface area contributed by atoms with Crippen molar-refractivity contribution < 1.29 is 9.59 Å². The summed E-state index contributed by atoms with van der Waals surface area (Å²) in [5.41, 5.74) is 9.58. The predicted octanol–water partition coefficient (Wildman–Crippen LogP) is 6.04. The van der Waals surface area contributed by atoms with Gasteiger partial charge in [-0.25, -0.2) is 0 Å². The van der Waals surface area contributed by atoms with E-state index in [0.29, 0.717) is 17.8 Å². The van der Waals surface area contributed by atoms with Gasteiger partial charge in [0.2, 0.25) is 11.8 Å². The van der Waals surface area contributed by atoms with Crippen LogP contribution in [0.25, 0.3) is 0 Å². The zero-order valence-electron chi connectivity index (χ0n) is 22.5. The summed E-state index contributed by atoms with van der Waals surface area (Å²) in [5, 5.41) is 6.08. The molecule has 0 radical (unpaired) electrons. The average molecular weight is 665 g/mol. The third kappa shape index (κ3) is 8.62. The monoisotopic (exact) mass is 664 g/mol. The molecule has 40 heavy (non-hydrogen) atoms. The highest BCUT2D eigenvalue weighted by Gasteiger charge is 2.30. The Balaban J connectivity index is 0.00000216. The highest BCUT2D eigenvalue weighted by atomic mass is 127. The van der Waals surface area contributed by atoms with Gasteiger partial charge in [-0.15, -0.1) is 0 Å². The molecule has 1 atom stereocenters. The minimum atomic E-state index is -0.931. The van der Waals surface area contributed by atoms with Crippen LogP contribution in [0.5, 0.6) is 0 Å². The number of hydrogen-bond acceptors (Lipinski definition) is 3. The fourth-order valence-corrected chi connectivity index (χ4v) is 4.51. The number of carbonyl (C=O) groups is 2. The lowest BCUT2D eigenvalue weighted by Crippen LogP contribution is -2.43. The number of benzene rings is 4. The van der Waals surface area contributed by atoms with Gasteiger partial charge in [0.05, 0.1) is 5.92 Å². The van der Waals surface area contributed by atoms with Crippen LogP contribution in [0.15, 0.2) is 115 Å². The maximum absolute atomic E-state index is 13.9. The Bertz CT molecular complexity index is 1350. The number of carbonyl (C=O) groups excluding carboxylic acids is 2. The minimum Gasteiger partial charge on any atom is -0.376 e. The number of nitrogens with zero attached hydrogens (tertiary/aromatic N) is 1. The van der Waals surface area contributed by atoms with Gasteiger partial charge in [-0.05, 0) is 51.5 Å². The van der Waals surface area contributed by atoms with Crippen molar-refractivity contribution in [3.8, 4) is 0 Å². The van der Waals surface area contributed by atoms with E-state index >= 15 is 0 Å². The molecule has 4 aromatic carbocycles. The van der Waals surface area contributed by atoms with Crippen LogP contribution in [0, 0.1) is 0 Å². The van der Waals surface area contributed by atoms with Crippen molar-refractivity contribution in [3.05, 3.63) is 138 Å². The molecule has 8 heteroatoms. The zero-order chi connectivity index (χ0) is 28.9. The lowest BCUT2D eigenvalue weighted by molar-refractivity contribution is -0.136. The molecule has 2 amide bonds. The molecule has 0 bridgehead atoms. The van der Waals surface area contributed by atoms with E-state index in [1.54, 1.807) is 30.1 Å². The second-order valence-electron chi connectivity index (χ2n) is 8.99. The van der Waals surface area contributed by atoms with Gasteiger partial charge in [0, 0.05) is 19.3 Å². The molecule has 6 nitrogen and oxygen atoms in total. The van der Waals surface area contributed by atoms with Gasteiger partial charge >= 0.3 is 0 Å². The number of likely N-dealkylation sites (N-methyl/N-ethyl adjacent to an activating group) is 1. The summed E-state index contributed by atoms with van der Waals surface area (Å²) in [5.74, 6) is -1.11. The van der Waals surface area contributed by atoms with Crippen molar-refractivity contribution in [2.24, 2.45) is 5.73 Å². The molecule has 0 aliphatic rings. The Labute approximate surface area is 255 Å². The first-order valence-corrected chi connectivity index (χ1v) is 15.2. The topological polar surface area (TPSA) is 87.5 Å². The molecule has 0 aliphatic heterocycles. The van der Waals surface area contributed by atoms with E-state index in [4.69, 9.17) is 18.0 Å². The minimum absolute atomic E-state index is 0.114. The van der Waals surface area contributed by atoms with E-state index in [9.17, 15) is 9.59 Å². The van der Waals surface area contributed by atoms with Gasteiger partial charge in [-0.3, -0.25) is 9.59 Å². The quantitative estimate of drug-likeness (QED) is 0.115. The van der Waals surface area contributed by atoms with Gasteiger partial charge in [-0.1, -0.05) is 126 Å². The number of rotatable bonds is 9. The standard InChI is InChI=1S/C31H30N4O2S.CH3I/c1-35(21-22-12-5-2-6-13-22)30(37)28(25-18-11-19-26(20-25)33-31(32)38)34-29(36)27(23-14-7-3-8-15-23)24-16-9-4-10-17-24;1-2/h2-20,27-28H,21H2,1H3,(H,34,36)(H3,32,33,38);1H3/t28-;/m1./s1. The first-order chi connectivity index (χ1) is 19.4. The van der Waals surface area contributed by atoms with E-state index < -0.39 is 12.0 Å². The molecule has 4 rings (SSSR count). The van der Waals surface area contributed by atoms with Crippen molar-refractivity contribution in [2.45, 2.75) is 18.5 Å². The molecular formula is C32H33IN4O2S. The number of amides is 2. The molecule has 0 aliphatic carbocycles. The molecule has 0 heterocycles. The second kappa shape index (κ2) is 15.7. The van der Waals surface area contributed by atoms with Gasteiger partial charge in [-0.2, -0.15) is 0 Å². The number of anilines is 1. The van der Waals surface area contributed by atoms with Crippen LogP contribution in [-0.2, 0) is 16.1 Å². The molecule has 0 unspecified atom stereocenters. The molecule has 0 aromatic heterocycles. The number of nitrogens with two attached hydrogens (primary N) is 1. The van der Waals surface area contributed by atoms with E-state index in [-0.39, 0.29) is 16.9 Å². The van der Waals surface area contributed by atoms with Crippen LogP contribution in [0.2, 0.25) is 0 Å². The summed E-state index contributed by atoms with van der Waals surface area (Å²) in [4.78, 5) is 31.4. The summed E-state index contributed by atoms with van der Waals surface area (Å²) in [6, 6.07) is 35.1. The van der Waals surface area contributed by atoms with Crippen molar-refractivity contribution in [1.29, 1.82) is 0 Å². The fraction of sp³-hybridized carbons (Fsp3) is 0.156. The summed E-state index contributed by atoms with van der Waals surface area (Å²) in [6.07, 6.45) is 0. The molecule has 206 valence electrons. The van der Waals surface area contributed by atoms with Crippen molar-refractivity contribution >= 4 is 57.4 Å². The predicted molar refractivity (Wildman–Crippen MR) is 175 cm³/mol. The summed E-state index contributed by atoms with van der Waals surface area (Å²) in [7, 11) is 1.73. The molecule has 0 fully saturated rings. The van der Waals surface area contributed by atoms with Gasteiger partial charge in [0.15, 0.2) is 5.11 Å². The highest BCUT2D eigenvalue weighted by Crippen LogP contribution is 2.27. The number of hydrogen-bond donors (Lipinski definition) is 3. The van der Waals surface area contributed by atoms with Crippen LogP contribution >= 0.6 is 34.8 Å². The van der Waals surface area contributed by atoms with Gasteiger partial charge in [0.25, 0.3) is 0 Å². The molecule has 0 saturated heterocycles. The summed E-state index contributed by atoms with van der Waals surface area (Å²) < 4.78 is 0. The number of halogens is 1. The van der Waals surface area contributed by atoms with E-state index in [2.05, 4.69) is 33.2 Å². The Kier molecular flexibility index (Phi) is 12.1. The van der Waals surface area contributed by atoms with Crippen LogP contribution in [0.1, 0.15) is 34.2 Å². The number of alkyl halides is 1. The lowest BCUT2D eigenvalue weighted by atomic mass is 9.90. The Morgan fingerprint density at radius 1 is 0.800 bits per heavy atom. The van der Waals surface area contributed by atoms with E-state index in [1.165, 1.54) is 0 Å². The van der Waals surface area contributed by atoms with Crippen LogP contribution in [0.3, 0.4) is 0 Å². The smallest absolute Gasteiger partial charge is 0.249 e. The first kappa shape index (κ1) is 30.8. The van der Waals surface area contributed by atoms with Crippen LogP contribution in [-0.4, -0.2) is 33.8 Å². The Morgan fingerprint density at radius 3 is 1.82 bits per heavy atom. The number of nitrogens with one attached hydrogen (secondary N) is 2. The van der Waals surface area contributed by atoms with Gasteiger partial charge < -0.3 is 21.3 Å². The fourth-order valence-electron chi connectivity index (χ4n) is 4.39. The molecule has 0 spiro atoms. The molecule has 4 aromatic rings. The van der Waals surface area contributed by atoms with Gasteiger partial charge in [0.1, 0.15) is 6.04 Å². The molecule has 4 N–H and O–H groups in total. The Morgan fingerprint density at radius 2 is 1.30 bits per heavy atom. The van der Waals surface area contributed by atoms with E-state index in [1.807, 2.05) is 102 Å². The molecule has 0 saturated carbocycles. The molecular weight excluding hydrogens is 631 g/mol. The lowest BCUT2D eigenvalue weighted by Gasteiger charge is -2.27. The van der Waals surface area contributed by atoms with Crippen molar-refractivity contribution in [3.63, 3.8) is 0 Å². The summed E-state index contributed by atoms with van der Waals surface area (Å²) >= 11 is 7.14. The summed E-state index contributed by atoms with van der Waals surface area (Å²) in [6.45, 7) is 0.400. The number of thiocarbonyl (C=S) groups is 1. The first-order valence-electron chi connectivity index (χ1n) is 12.7. The van der Waals surface area contributed by atoms with Crippen molar-refractivity contribution in [1.82, 2.24) is 10.2 Å². The average Bonchev–Trinajstić information content (AvgIpc) is 2.98. The third-order valence-electron chi connectivity index (χ3n) is 6.19. The second-order valence-corrected chi connectivity index (χ2v) is 9.43. The van der Waals surface area contributed by atoms with Crippen LogP contribution in [0.4, 0.5) is 5.69 Å². The Hall–Kier alpha value is -3.76. The zero-order valence-corrected chi connectivity index (χ0v) is 25.4.